The summed E-state index contributed by atoms with van der Waals surface area (Å²) in [6.07, 6.45) is 0. The van der Waals surface area contributed by atoms with Crippen LogP contribution >= 0.6 is 11.3 Å². The van der Waals surface area contributed by atoms with Gasteiger partial charge in [-0.25, -0.2) is 0 Å². The van der Waals surface area contributed by atoms with E-state index in [4.69, 9.17) is 0 Å². The molecule has 0 atom stereocenters. The number of nitrogens with one attached hydrogen (secondary N) is 2. The number of rotatable bonds is 5. The summed E-state index contributed by atoms with van der Waals surface area (Å²) in [7, 11) is 1.74. The van der Waals surface area contributed by atoms with Crippen LogP contribution in [0.1, 0.15) is 11.1 Å². The van der Waals surface area contributed by atoms with Crippen molar-refractivity contribution in [2.45, 2.75) is 13.5 Å². The van der Waals surface area contributed by atoms with Crippen LogP contribution in [0.2, 0.25) is 0 Å². The lowest BCUT2D eigenvalue weighted by Crippen LogP contribution is -2.01. The first-order valence-electron chi connectivity index (χ1n) is 5.83. The molecule has 0 radical (unpaired) electrons. The highest BCUT2D eigenvalue weighted by molar-refractivity contribution is 7.08. The summed E-state index contributed by atoms with van der Waals surface area (Å²) in [5.74, 6) is 0. The average Bonchev–Trinajstić information content (AvgIpc) is 2.81. The number of non-ortho nitro benzene ring substituents is 1. The Labute approximate surface area is 115 Å². The Bertz CT molecular complexity index is 595. The van der Waals surface area contributed by atoms with E-state index in [1.165, 1.54) is 17.2 Å². The second kappa shape index (κ2) is 5.71. The number of thiophene rings is 1. The quantitative estimate of drug-likeness (QED) is 0.647. The molecule has 100 valence electrons. The van der Waals surface area contributed by atoms with Gasteiger partial charge in [0.05, 0.1) is 4.92 Å². The van der Waals surface area contributed by atoms with E-state index in [2.05, 4.69) is 28.3 Å². The van der Waals surface area contributed by atoms with E-state index in [0.29, 0.717) is 6.54 Å². The molecule has 0 saturated heterocycles. The number of nitro benzene ring substituents is 1. The van der Waals surface area contributed by atoms with Crippen LogP contribution in [-0.2, 0) is 6.54 Å². The Kier molecular flexibility index (Phi) is 4.01. The molecule has 0 unspecified atom stereocenters. The highest BCUT2D eigenvalue weighted by atomic mass is 32.1. The van der Waals surface area contributed by atoms with Gasteiger partial charge in [-0.05, 0) is 34.9 Å². The average molecular weight is 277 g/mol. The van der Waals surface area contributed by atoms with Gasteiger partial charge < -0.3 is 10.6 Å². The zero-order valence-corrected chi connectivity index (χ0v) is 11.6. The number of benzene rings is 1. The minimum Gasteiger partial charge on any atom is -0.388 e. The Balaban J connectivity index is 2.17. The minimum absolute atomic E-state index is 0.0800. The van der Waals surface area contributed by atoms with Crippen molar-refractivity contribution >= 4 is 28.4 Å². The van der Waals surface area contributed by atoms with Crippen molar-refractivity contribution < 1.29 is 4.92 Å². The number of hydrogen-bond acceptors (Lipinski definition) is 5. The van der Waals surface area contributed by atoms with E-state index < -0.39 is 0 Å². The molecular formula is C13H15N3O2S. The van der Waals surface area contributed by atoms with Gasteiger partial charge in [0, 0.05) is 37.1 Å². The number of aryl methyl sites for hydroxylation is 1. The number of anilines is 2. The monoisotopic (exact) mass is 277 g/mol. The molecule has 1 aromatic heterocycles. The van der Waals surface area contributed by atoms with Gasteiger partial charge in [0.2, 0.25) is 0 Å². The second-order valence-electron chi connectivity index (χ2n) is 4.21. The van der Waals surface area contributed by atoms with Gasteiger partial charge in [0.1, 0.15) is 0 Å². The van der Waals surface area contributed by atoms with Crippen molar-refractivity contribution in [2.24, 2.45) is 0 Å². The van der Waals surface area contributed by atoms with Crippen molar-refractivity contribution in [3.05, 3.63) is 50.2 Å². The molecule has 0 amide bonds. The first-order valence-corrected chi connectivity index (χ1v) is 6.77. The molecule has 0 fully saturated rings. The van der Waals surface area contributed by atoms with E-state index >= 15 is 0 Å². The highest BCUT2D eigenvalue weighted by Crippen LogP contribution is 2.25. The normalized spacial score (nSPS) is 10.2. The van der Waals surface area contributed by atoms with Gasteiger partial charge in [0.15, 0.2) is 0 Å². The lowest BCUT2D eigenvalue weighted by atomic mass is 10.2. The largest absolute Gasteiger partial charge is 0.388 e. The molecule has 0 aliphatic rings. The van der Waals surface area contributed by atoms with Crippen molar-refractivity contribution in [1.82, 2.24) is 0 Å². The number of nitrogens with zero attached hydrogens (tertiary/aromatic N) is 1. The topological polar surface area (TPSA) is 67.2 Å². The summed E-state index contributed by atoms with van der Waals surface area (Å²) in [4.78, 5) is 10.5. The van der Waals surface area contributed by atoms with Gasteiger partial charge in [-0.15, -0.1) is 0 Å². The number of nitro groups is 1. The van der Waals surface area contributed by atoms with Crippen LogP contribution in [0.15, 0.2) is 29.0 Å². The third-order valence-electron chi connectivity index (χ3n) is 2.86. The predicted molar refractivity (Wildman–Crippen MR) is 79.0 cm³/mol. The maximum absolute atomic E-state index is 10.9. The summed E-state index contributed by atoms with van der Waals surface area (Å²) in [5, 5.41) is 21.2. The maximum atomic E-state index is 10.9. The van der Waals surface area contributed by atoms with Crippen LogP contribution in [0.25, 0.3) is 0 Å². The molecule has 1 heterocycles. The first-order chi connectivity index (χ1) is 9.10. The summed E-state index contributed by atoms with van der Waals surface area (Å²) in [6, 6.07) is 4.91. The lowest BCUT2D eigenvalue weighted by Gasteiger charge is -2.08. The Morgan fingerprint density at radius 2 is 2.00 bits per heavy atom. The molecule has 1 aromatic carbocycles. The van der Waals surface area contributed by atoms with E-state index in [0.717, 1.165) is 11.4 Å². The second-order valence-corrected chi connectivity index (χ2v) is 4.95. The number of hydrogen-bond donors (Lipinski definition) is 2. The SMILES string of the molecule is CNc1cc(NCc2cscc2C)cc([N+](=O)[O-])c1. The van der Waals surface area contributed by atoms with Gasteiger partial charge in [0.25, 0.3) is 5.69 Å². The fraction of sp³-hybridized carbons (Fsp3) is 0.231. The molecule has 0 spiro atoms. The molecule has 2 aromatic rings. The van der Waals surface area contributed by atoms with Gasteiger partial charge >= 0.3 is 0 Å². The van der Waals surface area contributed by atoms with Crippen molar-refractivity contribution in [2.75, 3.05) is 17.7 Å². The van der Waals surface area contributed by atoms with Crippen molar-refractivity contribution in [3.8, 4) is 0 Å². The summed E-state index contributed by atoms with van der Waals surface area (Å²) in [5.41, 5.74) is 3.98. The van der Waals surface area contributed by atoms with E-state index in [-0.39, 0.29) is 10.6 Å². The van der Waals surface area contributed by atoms with Gasteiger partial charge in [-0.3, -0.25) is 10.1 Å². The molecule has 0 aliphatic heterocycles. The standard InChI is InChI=1S/C13H15N3O2S/c1-9-7-19-8-10(9)6-15-12-3-11(14-2)4-13(5-12)16(17)18/h3-5,7-8,14-15H,6H2,1-2H3. The molecule has 19 heavy (non-hydrogen) atoms. The Morgan fingerprint density at radius 3 is 2.58 bits per heavy atom. The molecule has 0 saturated carbocycles. The fourth-order valence-electron chi connectivity index (χ4n) is 1.73. The van der Waals surface area contributed by atoms with E-state index in [1.807, 2.05) is 6.07 Å². The third kappa shape index (κ3) is 3.23. The van der Waals surface area contributed by atoms with Gasteiger partial charge in [-0.1, -0.05) is 0 Å². The summed E-state index contributed by atoms with van der Waals surface area (Å²) < 4.78 is 0. The van der Waals surface area contributed by atoms with Gasteiger partial charge in [-0.2, -0.15) is 11.3 Å². The van der Waals surface area contributed by atoms with Crippen molar-refractivity contribution in [3.63, 3.8) is 0 Å². The van der Waals surface area contributed by atoms with Crippen LogP contribution in [0.3, 0.4) is 0 Å². The molecule has 2 N–H and O–H groups in total. The predicted octanol–water partition coefficient (Wildman–Crippen LogP) is 3.62. The van der Waals surface area contributed by atoms with Crippen molar-refractivity contribution in [1.29, 1.82) is 0 Å². The minimum atomic E-state index is -0.387. The maximum Gasteiger partial charge on any atom is 0.273 e. The van der Waals surface area contributed by atoms with E-state index in [1.54, 1.807) is 24.5 Å². The zero-order chi connectivity index (χ0) is 13.8. The summed E-state index contributed by atoms with van der Waals surface area (Å²) in [6.45, 7) is 2.72. The fourth-order valence-corrected chi connectivity index (χ4v) is 2.59. The van der Waals surface area contributed by atoms with E-state index in [9.17, 15) is 10.1 Å². The zero-order valence-electron chi connectivity index (χ0n) is 10.8. The highest BCUT2D eigenvalue weighted by Gasteiger charge is 2.09. The molecular weight excluding hydrogens is 262 g/mol. The summed E-state index contributed by atoms with van der Waals surface area (Å²) >= 11 is 1.66. The molecule has 6 heteroatoms. The first kappa shape index (κ1) is 13.4. The van der Waals surface area contributed by atoms with Crippen LogP contribution in [0, 0.1) is 17.0 Å². The third-order valence-corrected chi connectivity index (χ3v) is 3.77. The van der Waals surface area contributed by atoms with Crippen LogP contribution in [0.5, 0.6) is 0 Å². The Hall–Kier alpha value is -2.08. The Morgan fingerprint density at radius 1 is 1.26 bits per heavy atom. The smallest absolute Gasteiger partial charge is 0.273 e. The molecule has 0 bridgehead atoms. The van der Waals surface area contributed by atoms with Crippen LogP contribution < -0.4 is 10.6 Å². The molecule has 5 nitrogen and oxygen atoms in total. The van der Waals surface area contributed by atoms with Crippen LogP contribution in [-0.4, -0.2) is 12.0 Å². The molecule has 0 aliphatic carbocycles. The lowest BCUT2D eigenvalue weighted by molar-refractivity contribution is -0.384. The van der Waals surface area contributed by atoms with Crippen LogP contribution in [0.4, 0.5) is 17.1 Å². The molecule has 2 rings (SSSR count).